The molecule has 6 heteroatoms. The number of hydrogen-bond donors (Lipinski definition) is 3. The molecule has 0 amide bonds. The zero-order chi connectivity index (χ0) is 21.8. The maximum absolute atomic E-state index is 14.9. The van der Waals surface area contributed by atoms with Crippen molar-refractivity contribution in [3.63, 3.8) is 0 Å². The molecule has 0 aliphatic carbocycles. The number of benzene rings is 3. The first kappa shape index (κ1) is 20.3. The number of aryl methyl sites for hydroxylation is 1. The standard InChI is InChI=1S/C25H24FN5/c1-2-17-8-13-21(26)23(14-17)31(20-11-9-19(10-12-20)25(27)28)16-24-29-15-22(30-24)18-6-4-3-5-7-18/h3-15H,2,16H2,1H3,(H3,27,28)(H,29,30). The van der Waals surface area contributed by atoms with Crippen molar-refractivity contribution in [2.45, 2.75) is 19.9 Å². The summed E-state index contributed by atoms with van der Waals surface area (Å²) in [5.74, 6) is 0.411. The van der Waals surface area contributed by atoms with E-state index >= 15 is 0 Å². The summed E-state index contributed by atoms with van der Waals surface area (Å²) in [6, 6.07) is 22.3. The van der Waals surface area contributed by atoms with Crippen LogP contribution in [0.1, 0.15) is 23.9 Å². The Morgan fingerprint density at radius 2 is 1.81 bits per heavy atom. The van der Waals surface area contributed by atoms with E-state index in [1.165, 1.54) is 6.07 Å². The summed E-state index contributed by atoms with van der Waals surface area (Å²) in [5, 5.41) is 7.62. The minimum absolute atomic E-state index is 0.00389. The van der Waals surface area contributed by atoms with E-state index in [1.54, 1.807) is 18.2 Å². The first-order valence-electron chi connectivity index (χ1n) is 10.1. The quantitative estimate of drug-likeness (QED) is 0.280. The molecule has 1 heterocycles. The monoisotopic (exact) mass is 413 g/mol. The van der Waals surface area contributed by atoms with Gasteiger partial charge in [0.05, 0.1) is 17.9 Å². The van der Waals surface area contributed by atoms with Crippen molar-refractivity contribution in [1.29, 1.82) is 5.41 Å². The zero-order valence-corrected chi connectivity index (χ0v) is 17.3. The van der Waals surface area contributed by atoms with E-state index < -0.39 is 0 Å². The smallest absolute Gasteiger partial charge is 0.146 e. The molecule has 0 fully saturated rings. The first-order valence-corrected chi connectivity index (χ1v) is 10.1. The van der Waals surface area contributed by atoms with Crippen LogP contribution in [0, 0.1) is 11.2 Å². The molecule has 0 unspecified atom stereocenters. The molecule has 4 rings (SSSR count). The molecule has 4 aromatic rings. The number of H-pyrrole nitrogens is 1. The van der Waals surface area contributed by atoms with E-state index in [0.717, 1.165) is 34.8 Å². The molecule has 5 nitrogen and oxygen atoms in total. The van der Waals surface area contributed by atoms with Gasteiger partial charge in [0, 0.05) is 23.0 Å². The number of hydrogen-bond acceptors (Lipinski definition) is 3. The van der Waals surface area contributed by atoms with Crippen LogP contribution in [0.2, 0.25) is 0 Å². The molecule has 31 heavy (non-hydrogen) atoms. The van der Waals surface area contributed by atoms with Gasteiger partial charge < -0.3 is 15.6 Å². The molecule has 4 N–H and O–H groups in total. The summed E-state index contributed by atoms with van der Waals surface area (Å²) in [5.41, 5.74) is 10.4. The summed E-state index contributed by atoms with van der Waals surface area (Å²) in [6.45, 7) is 2.40. The van der Waals surface area contributed by atoms with E-state index in [0.29, 0.717) is 17.8 Å². The molecule has 3 aromatic carbocycles. The van der Waals surface area contributed by atoms with Crippen molar-refractivity contribution >= 4 is 17.2 Å². The van der Waals surface area contributed by atoms with Gasteiger partial charge in [-0.3, -0.25) is 5.41 Å². The minimum atomic E-state index is -0.303. The van der Waals surface area contributed by atoms with Crippen LogP contribution >= 0.6 is 0 Å². The molecule has 156 valence electrons. The lowest BCUT2D eigenvalue weighted by molar-refractivity contribution is 0.623. The number of anilines is 2. The molecule has 0 radical (unpaired) electrons. The lowest BCUT2D eigenvalue weighted by atomic mass is 10.1. The molecule has 0 atom stereocenters. The van der Waals surface area contributed by atoms with E-state index in [4.69, 9.17) is 16.1 Å². The van der Waals surface area contributed by atoms with E-state index in [1.807, 2.05) is 66.6 Å². The number of nitrogen functional groups attached to an aromatic ring is 1. The largest absolute Gasteiger partial charge is 0.384 e. The van der Waals surface area contributed by atoms with Gasteiger partial charge in [0.25, 0.3) is 0 Å². The summed E-state index contributed by atoms with van der Waals surface area (Å²) >= 11 is 0. The van der Waals surface area contributed by atoms with Gasteiger partial charge in [-0.25, -0.2) is 9.37 Å². The third-order valence-corrected chi connectivity index (χ3v) is 5.21. The van der Waals surface area contributed by atoms with Crippen LogP contribution < -0.4 is 10.6 Å². The van der Waals surface area contributed by atoms with Crippen LogP contribution in [0.15, 0.2) is 79.0 Å². The lowest BCUT2D eigenvalue weighted by Crippen LogP contribution is -2.19. The number of aromatic nitrogens is 2. The Hall–Kier alpha value is -3.93. The van der Waals surface area contributed by atoms with Crippen molar-refractivity contribution in [2.24, 2.45) is 5.73 Å². The highest BCUT2D eigenvalue weighted by Crippen LogP contribution is 2.31. The number of rotatable bonds is 7. The fraction of sp³-hybridized carbons (Fsp3) is 0.120. The van der Waals surface area contributed by atoms with Gasteiger partial charge in [0.1, 0.15) is 17.5 Å². The summed E-state index contributed by atoms with van der Waals surface area (Å²) in [6.07, 6.45) is 2.67. The Balaban J connectivity index is 1.72. The van der Waals surface area contributed by atoms with Crippen LogP contribution in [0.3, 0.4) is 0 Å². The number of nitrogens with two attached hydrogens (primary N) is 1. The first-order chi connectivity index (χ1) is 15.0. The maximum atomic E-state index is 14.9. The number of nitrogens with one attached hydrogen (secondary N) is 2. The molecule has 0 saturated carbocycles. The third kappa shape index (κ3) is 4.48. The Morgan fingerprint density at radius 1 is 1.06 bits per heavy atom. The van der Waals surface area contributed by atoms with Gasteiger partial charge in [0.2, 0.25) is 0 Å². The van der Waals surface area contributed by atoms with Crippen molar-refractivity contribution in [1.82, 2.24) is 9.97 Å². The zero-order valence-electron chi connectivity index (χ0n) is 17.3. The second-order valence-electron chi connectivity index (χ2n) is 7.28. The second kappa shape index (κ2) is 8.83. The van der Waals surface area contributed by atoms with Crippen molar-refractivity contribution in [3.8, 4) is 11.3 Å². The lowest BCUT2D eigenvalue weighted by Gasteiger charge is -2.25. The average Bonchev–Trinajstić information content (AvgIpc) is 3.27. The predicted octanol–water partition coefficient (Wildman–Crippen LogP) is 5.40. The van der Waals surface area contributed by atoms with Crippen LogP contribution in [-0.4, -0.2) is 15.8 Å². The van der Waals surface area contributed by atoms with Crippen molar-refractivity contribution < 1.29 is 4.39 Å². The van der Waals surface area contributed by atoms with Crippen LogP contribution in [0.25, 0.3) is 11.3 Å². The SMILES string of the molecule is CCc1ccc(F)c(N(Cc2nc(-c3ccccc3)c[nH]2)c2ccc(C(=N)N)cc2)c1. The predicted molar refractivity (Wildman–Crippen MR) is 123 cm³/mol. The van der Waals surface area contributed by atoms with Gasteiger partial charge in [0.15, 0.2) is 0 Å². The summed E-state index contributed by atoms with van der Waals surface area (Å²) in [4.78, 5) is 9.82. The third-order valence-electron chi connectivity index (χ3n) is 5.21. The minimum Gasteiger partial charge on any atom is -0.384 e. The Labute approximate surface area is 180 Å². The Bertz CT molecular complexity index is 1180. The number of halogens is 1. The topological polar surface area (TPSA) is 81.8 Å². The molecular formula is C25H24FN5. The Kier molecular flexibility index (Phi) is 5.80. The van der Waals surface area contributed by atoms with E-state index in [-0.39, 0.29) is 11.7 Å². The molecule has 0 spiro atoms. The average molecular weight is 414 g/mol. The highest BCUT2D eigenvalue weighted by atomic mass is 19.1. The van der Waals surface area contributed by atoms with Crippen molar-refractivity contribution in [2.75, 3.05) is 4.90 Å². The fourth-order valence-electron chi connectivity index (χ4n) is 3.47. The van der Waals surface area contributed by atoms with Gasteiger partial charge in [-0.05, 0) is 48.4 Å². The van der Waals surface area contributed by atoms with Gasteiger partial charge in [-0.15, -0.1) is 0 Å². The molecule has 0 bridgehead atoms. The maximum Gasteiger partial charge on any atom is 0.146 e. The molecule has 1 aromatic heterocycles. The molecule has 0 saturated heterocycles. The second-order valence-corrected chi connectivity index (χ2v) is 7.28. The van der Waals surface area contributed by atoms with Crippen molar-refractivity contribution in [3.05, 3.63) is 102 Å². The summed E-state index contributed by atoms with van der Waals surface area (Å²) < 4.78 is 14.9. The van der Waals surface area contributed by atoms with Crippen LogP contribution in [-0.2, 0) is 13.0 Å². The number of amidine groups is 1. The van der Waals surface area contributed by atoms with E-state index in [9.17, 15) is 4.39 Å². The van der Waals surface area contributed by atoms with Gasteiger partial charge in [-0.2, -0.15) is 0 Å². The number of imidazole rings is 1. The van der Waals surface area contributed by atoms with Crippen LogP contribution in [0.4, 0.5) is 15.8 Å². The van der Waals surface area contributed by atoms with E-state index in [2.05, 4.69) is 4.98 Å². The normalized spacial score (nSPS) is 10.8. The highest BCUT2D eigenvalue weighted by molar-refractivity contribution is 5.95. The van der Waals surface area contributed by atoms with Gasteiger partial charge in [-0.1, -0.05) is 43.3 Å². The highest BCUT2D eigenvalue weighted by Gasteiger charge is 2.17. The fourth-order valence-corrected chi connectivity index (χ4v) is 3.47. The number of nitrogens with zero attached hydrogens (tertiary/aromatic N) is 2. The summed E-state index contributed by atoms with van der Waals surface area (Å²) in [7, 11) is 0. The van der Waals surface area contributed by atoms with Gasteiger partial charge >= 0.3 is 0 Å². The van der Waals surface area contributed by atoms with Crippen LogP contribution in [0.5, 0.6) is 0 Å². The molecule has 0 aliphatic heterocycles. The molecular weight excluding hydrogens is 389 g/mol. The number of aromatic amines is 1. The Morgan fingerprint density at radius 3 is 2.48 bits per heavy atom. The molecule has 0 aliphatic rings.